The van der Waals surface area contributed by atoms with Gasteiger partial charge in [0.15, 0.2) is 11.6 Å². The molecule has 0 radical (unpaired) electrons. The van der Waals surface area contributed by atoms with E-state index in [1.165, 1.54) is 17.7 Å². The Balaban J connectivity index is 1.69. The summed E-state index contributed by atoms with van der Waals surface area (Å²) < 4.78 is 42.1. The van der Waals surface area contributed by atoms with E-state index in [4.69, 9.17) is 0 Å². The molecule has 1 aliphatic carbocycles. The van der Waals surface area contributed by atoms with E-state index in [0.717, 1.165) is 35.8 Å². The largest absolute Gasteiger partial charge is 0.206 e. The summed E-state index contributed by atoms with van der Waals surface area (Å²) in [6.07, 6.45) is 3.98. The lowest BCUT2D eigenvalue weighted by molar-refractivity contribution is 0.493. The maximum Gasteiger partial charge on any atom is 0.159 e. The number of hydrogen-bond donors (Lipinski definition) is 0. The van der Waals surface area contributed by atoms with E-state index in [9.17, 15) is 8.78 Å². The normalized spacial score (nSPS) is 16.7. The Labute approximate surface area is 151 Å². The summed E-state index contributed by atoms with van der Waals surface area (Å²) in [5, 5.41) is 1.56. The van der Waals surface area contributed by atoms with Crippen LogP contribution in [0.4, 0.5) is 13.2 Å². The first-order valence-electron chi connectivity index (χ1n) is 9.24. The molecule has 0 N–H and O–H groups in total. The Hall–Kier alpha value is -2.29. The molecule has 0 aliphatic heterocycles. The average Bonchev–Trinajstić information content (AvgIpc) is 2.63. The van der Waals surface area contributed by atoms with Crippen LogP contribution in [0.3, 0.4) is 0 Å². The molecule has 1 atom stereocenters. The standard InChI is InChI=1S/C23H21F3/c1-2-3-14-4-8-19-16(10-14)7-9-20(23(19)26)17-6-5-15-12-21(24)22(25)13-18(15)11-17/h4,7-10,12-13,17H,2-3,5-6,11H2,1H3. The van der Waals surface area contributed by atoms with Gasteiger partial charge in [-0.3, -0.25) is 0 Å². The lowest BCUT2D eigenvalue weighted by atomic mass is 9.79. The Kier molecular flexibility index (Phi) is 4.47. The van der Waals surface area contributed by atoms with Crippen LogP contribution in [0.2, 0.25) is 0 Å². The van der Waals surface area contributed by atoms with Crippen LogP contribution < -0.4 is 0 Å². The van der Waals surface area contributed by atoms with Gasteiger partial charge >= 0.3 is 0 Å². The van der Waals surface area contributed by atoms with Crippen LogP contribution in [0.5, 0.6) is 0 Å². The van der Waals surface area contributed by atoms with Gasteiger partial charge in [-0.15, -0.1) is 0 Å². The minimum atomic E-state index is -0.827. The van der Waals surface area contributed by atoms with Crippen LogP contribution in [0.1, 0.15) is 47.9 Å². The van der Waals surface area contributed by atoms with Gasteiger partial charge in [0.25, 0.3) is 0 Å². The molecule has 4 rings (SSSR count). The second-order valence-corrected chi connectivity index (χ2v) is 7.25. The van der Waals surface area contributed by atoms with Crippen molar-refractivity contribution in [3.63, 3.8) is 0 Å². The Bertz CT molecular complexity index is 975. The van der Waals surface area contributed by atoms with Crippen molar-refractivity contribution < 1.29 is 13.2 Å². The number of halogens is 3. The second-order valence-electron chi connectivity index (χ2n) is 7.25. The van der Waals surface area contributed by atoms with Gasteiger partial charge < -0.3 is 0 Å². The van der Waals surface area contributed by atoms with E-state index in [2.05, 4.69) is 13.0 Å². The molecule has 3 aromatic rings. The zero-order valence-corrected chi connectivity index (χ0v) is 14.8. The highest BCUT2D eigenvalue weighted by Crippen LogP contribution is 2.36. The van der Waals surface area contributed by atoms with Crippen LogP contribution in [-0.2, 0) is 19.3 Å². The van der Waals surface area contributed by atoms with Crippen LogP contribution in [0.15, 0.2) is 42.5 Å². The van der Waals surface area contributed by atoms with E-state index in [0.29, 0.717) is 23.8 Å². The van der Waals surface area contributed by atoms with Crippen LogP contribution >= 0.6 is 0 Å². The third kappa shape index (κ3) is 3.00. The summed E-state index contributed by atoms with van der Waals surface area (Å²) in [6, 6.07) is 12.3. The predicted molar refractivity (Wildman–Crippen MR) is 99.0 cm³/mol. The maximum atomic E-state index is 15.2. The summed E-state index contributed by atoms with van der Waals surface area (Å²) >= 11 is 0. The Morgan fingerprint density at radius 1 is 0.923 bits per heavy atom. The van der Waals surface area contributed by atoms with Gasteiger partial charge in [0, 0.05) is 5.39 Å². The summed E-state index contributed by atoms with van der Waals surface area (Å²) in [5.41, 5.74) is 3.52. The molecule has 3 aromatic carbocycles. The van der Waals surface area contributed by atoms with E-state index in [-0.39, 0.29) is 11.7 Å². The van der Waals surface area contributed by atoms with E-state index in [1.54, 1.807) is 0 Å². The van der Waals surface area contributed by atoms with Crippen molar-refractivity contribution in [3.8, 4) is 0 Å². The minimum absolute atomic E-state index is 0.00733. The second kappa shape index (κ2) is 6.79. The van der Waals surface area contributed by atoms with Gasteiger partial charge in [-0.25, -0.2) is 13.2 Å². The summed E-state index contributed by atoms with van der Waals surface area (Å²) in [5.74, 6) is -1.82. The van der Waals surface area contributed by atoms with Crippen LogP contribution in [0.25, 0.3) is 10.8 Å². The van der Waals surface area contributed by atoms with Gasteiger partial charge in [-0.05, 0) is 71.4 Å². The Morgan fingerprint density at radius 2 is 1.69 bits per heavy atom. The summed E-state index contributed by atoms with van der Waals surface area (Å²) in [6.45, 7) is 2.13. The van der Waals surface area contributed by atoms with E-state index >= 15 is 4.39 Å². The lowest BCUT2D eigenvalue weighted by Gasteiger charge is -2.26. The number of rotatable bonds is 3. The molecule has 3 heteroatoms. The van der Waals surface area contributed by atoms with Crippen LogP contribution in [0, 0.1) is 17.5 Å². The quantitative estimate of drug-likeness (QED) is 0.505. The molecule has 0 spiro atoms. The maximum absolute atomic E-state index is 15.2. The number of aryl methyl sites for hydroxylation is 2. The van der Waals surface area contributed by atoms with Crippen molar-refractivity contribution in [1.82, 2.24) is 0 Å². The molecule has 0 bridgehead atoms. The van der Waals surface area contributed by atoms with Crippen molar-refractivity contribution in [2.24, 2.45) is 0 Å². The molecule has 0 heterocycles. The number of fused-ring (bicyclic) bond motifs is 2. The third-order valence-electron chi connectivity index (χ3n) is 5.50. The van der Waals surface area contributed by atoms with Gasteiger partial charge in [-0.1, -0.05) is 43.7 Å². The first-order valence-corrected chi connectivity index (χ1v) is 9.24. The first kappa shape index (κ1) is 17.1. The molecular formula is C23H21F3. The molecule has 1 aliphatic rings. The molecule has 26 heavy (non-hydrogen) atoms. The molecule has 0 amide bonds. The monoisotopic (exact) mass is 354 g/mol. The fraction of sp³-hybridized carbons (Fsp3) is 0.304. The number of benzene rings is 3. The van der Waals surface area contributed by atoms with Crippen molar-refractivity contribution in [1.29, 1.82) is 0 Å². The van der Waals surface area contributed by atoms with Gasteiger partial charge in [-0.2, -0.15) is 0 Å². The molecule has 0 aromatic heterocycles. The molecule has 1 unspecified atom stereocenters. The summed E-state index contributed by atoms with van der Waals surface area (Å²) in [4.78, 5) is 0. The Morgan fingerprint density at radius 3 is 2.46 bits per heavy atom. The minimum Gasteiger partial charge on any atom is -0.206 e. The molecule has 0 saturated carbocycles. The van der Waals surface area contributed by atoms with Crippen molar-refractivity contribution in [2.45, 2.75) is 44.9 Å². The lowest BCUT2D eigenvalue weighted by Crippen LogP contribution is -2.15. The fourth-order valence-electron chi connectivity index (χ4n) is 4.13. The SMILES string of the molecule is CCCc1ccc2c(F)c(C3CCc4cc(F)c(F)cc4C3)ccc2c1. The van der Waals surface area contributed by atoms with Gasteiger partial charge in [0.05, 0.1) is 0 Å². The van der Waals surface area contributed by atoms with Crippen LogP contribution in [-0.4, -0.2) is 0 Å². The smallest absolute Gasteiger partial charge is 0.159 e. The zero-order valence-electron chi connectivity index (χ0n) is 14.8. The topological polar surface area (TPSA) is 0 Å². The van der Waals surface area contributed by atoms with E-state index in [1.807, 2.05) is 24.3 Å². The zero-order chi connectivity index (χ0) is 18.3. The fourth-order valence-corrected chi connectivity index (χ4v) is 4.13. The molecule has 0 nitrogen and oxygen atoms in total. The molecule has 134 valence electrons. The highest BCUT2D eigenvalue weighted by atomic mass is 19.2. The van der Waals surface area contributed by atoms with Gasteiger partial charge in [0.1, 0.15) is 5.82 Å². The van der Waals surface area contributed by atoms with E-state index < -0.39 is 11.6 Å². The molecule has 0 fully saturated rings. The van der Waals surface area contributed by atoms with Crippen molar-refractivity contribution in [2.75, 3.05) is 0 Å². The third-order valence-corrected chi connectivity index (χ3v) is 5.50. The van der Waals surface area contributed by atoms with Gasteiger partial charge in [0.2, 0.25) is 0 Å². The van der Waals surface area contributed by atoms with Crippen molar-refractivity contribution >= 4 is 10.8 Å². The van der Waals surface area contributed by atoms with Crippen molar-refractivity contribution in [3.05, 3.63) is 82.2 Å². The molecule has 0 saturated heterocycles. The molecular weight excluding hydrogens is 333 g/mol. The predicted octanol–water partition coefficient (Wildman–Crippen LogP) is 6.48. The highest BCUT2D eigenvalue weighted by Gasteiger charge is 2.24. The first-order chi connectivity index (χ1) is 12.6. The average molecular weight is 354 g/mol. The number of hydrogen-bond acceptors (Lipinski definition) is 0. The highest BCUT2D eigenvalue weighted by molar-refractivity contribution is 5.84. The summed E-state index contributed by atoms with van der Waals surface area (Å²) in [7, 11) is 0.